The van der Waals surface area contributed by atoms with E-state index in [2.05, 4.69) is 11.5 Å². The summed E-state index contributed by atoms with van der Waals surface area (Å²) in [4.78, 5) is 18.9. The highest BCUT2D eigenvalue weighted by molar-refractivity contribution is 7.17. The molecule has 4 nitrogen and oxygen atoms in total. The average Bonchev–Trinajstić information content (AvgIpc) is 3.12. The fourth-order valence-corrected chi connectivity index (χ4v) is 4.63. The van der Waals surface area contributed by atoms with Gasteiger partial charge in [-0.15, -0.1) is 11.3 Å². The van der Waals surface area contributed by atoms with E-state index in [1.54, 1.807) is 28.4 Å². The Labute approximate surface area is 190 Å². The van der Waals surface area contributed by atoms with Crippen molar-refractivity contribution < 1.29 is 13.9 Å². The molecule has 7 heteroatoms. The highest BCUT2D eigenvalue weighted by Crippen LogP contribution is 2.33. The van der Waals surface area contributed by atoms with Crippen LogP contribution in [0.25, 0.3) is 15.8 Å². The van der Waals surface area contributed by atoms with Crippen LogP contribution in [0.3, 0.4) is 0 Å². The van der Waals surface area contributed by atoms with Gasteiger partial charge in [-0.3, -0.25) is 4.98 Å². The van der Waals surface area contributed by atoms with Crippen molar-refractivity contribution >= 4 is 44.8 Å². The fraction of sp³-hybridized carbons (Fsp3) is 0.333. The zero-order valence-corrected chi connectivity index (χ0v) is 19.3. The second-order valence-corrected chi connectivity index (χ2v) is 9.96. The molecule has 0 spiro atoms. The number of ether oxygens (including phenoxy) is 1. The number of hydrogen-bond donors (Lipinski definition) is 0. The minimum absolute atomic E-state index is 0.289. The first kappa shape index (κ1) is 21.8. The maximum absolute atomic E-state index is 14.2. The van der Waals surface area contributed by atoms with E-state index < -0.39 is 5.60 Å². The van der Waals surface area contributed by atoms with Crippen molar-refractivity contribution in [2.75, 3.05) is 13.1 Å². The normalized spacial score (nSPS) is 14.6. The molecule has 31 heavy (non-hydrogen) atoms. The van der Waals surface area contributed by atoms with Crippen LogP contribution in [0.2, 0.25) is 5.02 Å². The van der Waals surface area contributed by atoms with Crippen LogP contribution in [-0.4, -0.2) is 34.7 Å². The van der Waals surface area contributed by atoms with Crippen molar-refractivity contribution in [2.45, 2.75) is 39.2 Å². The highest BCUT2D eigenvalue weighted by atomic mass is 35.5. The molecule has 1 aliphatic heterocycles. The lowest BCUT2D eigenvalue weighted by Gasteiger charge is -2.29. The molecule has 162 valence electrons. The largest absolute Gasteiger partial charge is 0.444 e. The second-order valence-electron chi connectivity index (χ2n) is 8.62. The maximum Gasteiger partial charge on any atom is 0.410 e. The summed E-state index contributed by atoms with van der Waals surface area (Å²) in [6.07, 6.45) is 2.92. The zero-order chi connectivity index (χ0) is 22.2. The minimum atomic E-state index is -0.505. The van der Waals surface area contributed by atoms with Crippen molar-refractivity contribution in [3.05, 3.63) is 69.4 Å². The van der Waals surface area contributed by atoms with Gasteiger partial charge in [-0.05, 0) is 62.6 Å². The molecule has 0 fully saturated rings. The molecule has 3 heterocycles. The third kappa shape index (κ3) is 5.08. The Morgan fingerprint density at radius 1 is 1.29 bits per heavy atom. The topological polar surface area (TPSA) is 42.4 Å². The van der Waals surface area contributed by atoms with Crippen molar-refractivity contribution in [3.8, 4) is 0 Å². The minimum Gasteiger partial charge on any atom is -0.444 e. The maximum atomic E-state index is 14.2. The number of fused-ring (bicyclic) bond motifs is 1. The summed E-state index contributed by atoms with van der Waals surface area (Å²) >= 11 is 7.50. The van der Waals surface area contributed by atoms with Gasteiger partial charge in [0.25, 0.3) is 0 Å². The molecule has 0 bridgehead atoms. The number of carbonyl (C=O) groups is 1. The van der Waals surface area contributed by atoms with Gasteiger partial charge in [-0.25, -0.2) is 9.18 Å². The van der Waals surface area contributed by atoms with Gasteiger partial charge in [-0.1, -0.05) is 23.7 Å². The van der Waals surface area contributed by atoms with E-state index in [0.717, 1.165) is 27.9 Å². The summed E-state index contributed by atoms with van der Waals surface area (Å²) < 4.78 is 20.8. The number of rotatable bonds is 3. The van der Waals surface area contributed by atoms with E-state index >= 15 is 0 Å². The smallest absolute Gasteiger partial charge is 0.410 e. The number of benzene rings is 1. The van der Waals surface area contributed by atoms with Crippen molar-refractivity contribution in [1.29, 1.82) is 0 Å². The Kier molecular flexibility index (Phi) is 6.04. The lowest BCUT2D eigenvalue weighted by molar-refractivity contribution is 0.0270. The van der Waals surface area contributed by atoms with Crippen LogP contribution in [0.1, 0.15) is 44.0 Å². The molecule has 0 saturated heterocycles. The molecule has 1 amide bonds. The molecule has 1 aliphatic rings. The number of amides is 1. The molecular formula is C24H24ClFN2O2S. The monoisotopic (exact) mass is 458 g/mol. The van der Waals surface area contributed by atoms with Crippen LogP contribution >= 0.6 is 22.9 Å². The molecule has 0 N–H and O–H groups in total. The van der Waals surface area contributed by atoms with E-state index in [1.807, 2.05) is 32.9 Å². The number of nitrogens with zero attached hydrogens (tertiary/aromatic N) is 2. The molecule has 0 saturated carbocycles. The summed E-state index contributed by atoms with van der Waals surface area (Å²) in [7, 11) is 0. The predicted octanol–water partition coefficient (Wildman–Crippen LogP) is 6.70. The molecule has 1 aromatic carbocycles. The zero-order valence-electron chi connectivity index (χ0n) is 17.7. The third-order valence-corrected chi connectivity index (χ3v) is 6.24. The number of halogens is 2. The first-order chi connectivity index (χ1) is 14.7. The summed E-state index contributed by atoms with van der Waals surface area (Å²) in [5, 5.41) is 2.49. The molecule has 0 radical (unpaired) electrons. The molecule has 2 aromatic heterocycles. The highest BCUT2D eigenvalue weighted by Gasteiger charge is 2.24. The van der Waals surface area contributed by atoms with Crippen LogP contribution in [0.5, 0.6) is 0 Å². The second kappa shape index (κ2) is 8.60. The van der Waals surface area contributed by atoms with Gasteiger partial charge in [0.05, 0.1) is 10.2 Å². The van der Waals surface area contributed by atoms with Gasteiger partial charge in [0, 0.05) is 41.2 Å². The summed E-state index contributed by atoms with van der Waals surface area (Å²) in [5.74, 6) is -0.322. The Balaban J connectivity index is 1.55. The summed E-state index contributed by atoms with van der Waals surface area (Å²) in [6.45, 7) is 6.72. The van der Waals surface area contributed by atoms with E-state index in [1.165, 1.54) is 11.6 Å². The summed E-state index contributed by atoms with van der Waals surface area (Å²) in [5.41, 5.74) is 4.05. The van der Waals surface area contributed by atoms with Crippen LogP contribution < -0.4 is 0 Å². The average molecular weight is 459 g/mol. The van der Waals surface area contributed by atoms with Gasteiger partial charge in [0.2, 0.25) is 0 Å². The Morgan fingerprint density at radius 2 is 2.10 bits per heavy atom. The van der Waals surface area contributed by atoms with Gasteiger partial charge < -0.3 is 9.64 Å². The molecule has 3 aromatic rings. The van der Waals surface area contributed by atoms with Gasteiger partial charge in [0.1, 0.15) is 11.4 Å². The van der Waals surface area contributed by atoms with E-state index in [-0.39, 0.29) is 11.9 Å². The first-order valence-corrected chi connectivity index (χ1v) is 11.4. The van der Waals surface area contributed by atoms with Gasteiger partial charge >= 0.3 is 6.09 Å². The van der Waals surface area contributed by atoms with Gasteiger partial charge in [-0.2, -0.15) is 0 Å². The fourth-order valence-electron chi connectivity index (χ4n) is 3.55. The van der Waals surface area contributed by atoms with Crippen LogP contribution in [0.4, 0.5) is 9.18 Å². The summed E-state index contributed by atoms with van der Waals surface area (Å²) in [6, 6.07) is 8.70. The van der Waals surface area contributed by atoms with Crippen molar-refractivity contribution in [1.82, 2.24) is 9.88 Å². The van der Waals surface area contributed by atoms with Gasteiger partial charge in [0.15, 0.2) is 0 Å². The number of carbonyl (C=O) groups excluding carboxylic acids is 1. The lowest BCUT2D eigenvalue weighted by Crippen LogP contribution is -2.39. The number of pyridine rings is 1. The quantitative estimate of drug-likeness (QED) is 0.438. The van der Waals surface area contributed by atoms with Crippen molar-refractivity contribution in [3.63, 3.8) is 0 Å². The molecular weight excluding hydrogens is 435 g/mol. The van der Waals surface area contributed by atoms with Crippen LogP contribution in [0, 0.1) is 5.82 Å². The Bertz CT molecular complexity index is 1170. The molecule has 4 rings (SSSR count). The lowest BCUT2D eigenvalue weighted by atomic mass is 10.0. The Morgan fingerprint density at radius 3 is 2.77 bits per heavy atom. The SMILES string of the molecule is CC(C)(C)OC(=O)N1CC=C(c2csc3ccc(Cc4ccc(Cl)cc4F)nc23)CC1. The van der Waals surface area contributed by atoms with E-state index in [4.69, 9.17) is 21.3 Å². The van der Waals surface area contributed by atoms with Crippen LogP contribution in [-0.2, 0) is 11.2 Å². The number of aromatic nitrogens is 1. The van der Waals surface area contributed by atoms with E-state index in [9.17, 15) is 9.18 Å². The molecule has 0 atom stereocenters. The predicted molar refractivity (Wildman–Crippen MR) is 124 cm³/mol. The Hall–Kier alpha value is -2.44. The number of thiophene rings is 1. The van der Waals surface area contributed by atoms with E-state index in [0.29, 0.717) is 30.1 Å². The molecule has 0 unspecified atom stereocenters. The molecule has 0 aliphatic carbocycles. The van der Waals surface area contributed by atoms with Crippen molar-refractivity contribution in [2.24, 2.45) is 0 Å². The first-order valence-electron chi connectivity index (χ1n) is 10.2. The van der Waals surface area contributed by atoms with Crippen LogP contribution in [0.15, 0.2) is 41.8 Å². The third-order valence-electron chi connectivity index (χ3n) is 5.07. The number of hydrogen-bond acceptors (Lipinski definition) is 4. The standard InChI is InChI=1S/C24H24ClFN2O2S/c1-24(2,3)30-23(29)28-10-8-15(9-11-28)19-14-31-21-7-6-18(27-22(19)21)12-16-4-5-17(25)13-20(16)26/h4-8,13-14H,9-12H2,1-3H3.